The predicted octanol–water partition coefficient (Wildman–Crippen LogP) is 7.42. The highest BCUT2D eigenvalue weighted by Gasteiger charge is 2.26. The molecule has 0 unspecified atom stereocenters. The van der Waals surface area contributed by atoms with Crippen LogP contribution in [0.4, 0.5) is 0 Å². The molecule has 0 fully saturated rings. The van der Waals surface area contributed by atoms with Crippen LogP contribution in [0.5, 0.6) is 0 Å². The summed E-state index contributed by atoms with van der Waals surface area (Å²) in [6, 6.07) is 0. The largest absolute Gasteiger partial charge is 0.396 e. The Hall–Kier alpha value is 0.790. The molecule has 0 saturated heterocycles. The van der Waals surface area contributed by atoms with Crippen molar-refractivity contribution < 1.29 is 10.2 Å². The number of aliphatic hydroxyl groups is 2. The molecular weight excluding hydrogens is 403 g/mol. The first-order valence-corrected chi connectivity index (χ1v) is 12.5. The summed E-state index contributed by atoms with van der Waals surface area (Å²) >= 11 is 19.1. The molecule has 0 radical (unpaired) electrons. The minimum absolute atomic E-state index is 0.0140. The molecule has 0 aromatic heterocycles. The summed E-state index contributed by atoms with van der Waals surface area (Å²) in [5.74, 6) is 0. The molecular formula is C22H43Cl3O2. The quantitative estimate of drug-likeness (QED) is 0.151. The zero-order valence-electron chi connectivity index (χ0n) is 17.4. The number of unbranched alkanes of at least 4 members (excludes halogenated alkanes) is 11. The van der Waals surface area contributed by atoms with Crippen molar-refractivity contribution in [2.45, 2.75) is 132 Å². The van der Waals surface area contributed by atoms with Gasteiger partial charge in [0.25, 0.3) is 0 Å². The summed E-state index contributed by atoms with van der Waals surface area (Å²) < 4.78 is 0. The SMILES string of the molecule is CCCCCCC[C@@H](Cl)[C@@H](O)[C@H](Cl)C[C@@H](Cl)CCCCCCCCCCO. The Morgan fingerprint density at radius 3 is 1.67 bits per heavy atom. The van der Waals surface area contributed by atoms with E-state index in [-0.39, 0.29) is 16.1 Å². The average Bonchev–Trinajstić information content (AvgIpc) is 2.65. The van der Waals surface area contributed by atoms with Crippen LogP contribution in [0, 0.1) is 0 Å². The van der Waals surface area contributed by atoms with Gasteiger partial charge >= 0.3 is 0 Å². The molecule has 0 aromatic rings. The van der Waals surface area contributed by atoms with E-state index in [2.05, 4.69) is 6.92 Å². The third kappa shape index (κ3) is 17.4. The molecule has 2 nitrogen and oxygen atoms in total. The second-order valence-electron chi connectivity index (χ2n) is 7.90. The maximum atomic E-state index is 10.3. The monoisotopic (exact) mass is 444 g/mol. The van der Waals surface area contributed by atoms with E-state index in [0.717, 1.165) is 38.5 Å². The van der Waals surface area contributed by atoms with Gasteiger partial charge in [0.15, 0.2) is 0 Å². The fraction of sp³-hybridized carbons (Fsp3) is 1.00. The van der Waals surface area contributed by atoms with Crippen LogP contribution in [0.1, 0.15) is 110 Å². The van der Waals surface area contributed by atoms with Gasteiger partial charge in [-0.1, -0.05) is 84.0 Å². The summed E-state index contributed by atoms with van der Waals surface area (Å²) in [5, 5.41) is 18.4. The van der Waals surface area contributed by atoms with E-state index in [1.807, 2.05) is 0 Å². The van der Waals surface area contributed by atoms with E-state index >= 15 is 0 Å². The Bertz CT molecular complexity index is 305. The Labute approximate surface area is 183 Å². The van der Waals surface area contributed by atoms with Crippen molar-refractivity contribution in [3.05, 3.63) is 0 Å². The van der Waals surface area contributed by atoms with Crippen molar-refractivity contribution in [1.29, 1.82) is 0 Å². The molecule has 0 aliphatic heterocycles. The molecule has 0 bridgehead atoms. The molecule has 2 N–H and O–H groups in total. The van der Waals surface area contributed by atoms with Crippen LogP contribution in [0.3, 0.4) is 0 Å². The number of hydrogen-bond donors (Lipinski definition) is 2. The second kappa shape index (κ2) is 20.1. The molecule has 5 heteroatoms. The van der Waals surface area contributed by atoms with Crippen LogP contribution < -0.4 is 0 Å². The zero-order valence-corrected chi connectivity index (χ0v) is 19.6. The van der Waals surface area contributed by atoms with Crippen LogP contribution in [0.15, 0.2) is 0 Å². The molecule has 0 amide bonds. The highest BCUT2D eigenvalue weighted by Crippen LogP contribution is 2.25. The summed E-state index contributed by atoms with van der Waals surface area (Å²) in [6.07, 6.45) is 17.1. The molecule has 0 saturated carbocycles. The van der Waals surface area contributed by atoms with Crippen molar-refractivity contribution in [3.8, 4) is 0 Å². The van der Waals surface area contributed by atoms with Crippen LogP contribution in [0.2, 0.25) is 0 Å². The number of halogens is 3. The van der Waals surface area contributed by atoms with E-state index in [4.69, 9.17) is 39.9 Å². The lowest BCUT2D eigenvalue weighted by molar-refractivity contribution is 0.155. The number of rotatable bonds is 20. The number of aliphatic hydroxyl groups excluding tert-OH is 2. The molecule has 0 rings (SSSR count). The van der Waals surface area contributed by atoms with Crippen molar-refractivity contribution in [3.63, 3.8) is 0 Å². The smallest absolute Gasteiger partial charge is 0.0867 e. The summed E-state index contributed by atoms with van der Waals surface area (Å²) in [4.78, 5) is 0. The number of alkyl halides is 3. The topological polar surface area (TPSA) is 40.5 Å². The van der Waals surface area contributed by atoms with Crippen LogP contribution >= 0.6 is 34.8 Å². The van der Waals surface area contributed by atoms with Gasteiger partial charge in [-0.3, -0.25) is 0 Å². The zero-order chi connectivity index (χ0) is 20.3. The lowest BCUT2D eigenvalue weighted by Crippen LogP contribution is -2.32. The standard InChI is InChI=1S/C22H43Cl3O2/c1-2-3-4-9-13-16-20(24)22(27)21(25)18-19(23)15-12-10-7-5-6-8-11-14-17-26/h19-22,26-27H,2-18H2,1H3/t19-,20+,21+,22+/m0/s1. The van der Waals surface area contributed by atoms with E-state index in [0.29, 0.717) is 13.0 Å². The van der Waals surface area contributed by atoms with E-state index < -0.39 is 6.10 Å². The maximum Gasteiger partial charge on any atom is 0.0867 e. The summed E-state index contributed by atoms with van der Waals surface area (Å²) in [6.45, 7) is 2.52. The number of hydrogen-bond acceptors (Lipinski definition) is 2. The summed E-state index contributed by atoms with van der Waals surface area (Å²) in [7, 11) is 0. The minimum atomic E-state index is -0.681. The van der Waals surface area contributed by atoms with Gasteiger partial charge in [0.2, 0.25) is 0 Å². The first kappa shape index (κ1) is 27.8. The fourth-order valence-corrected chi connectivity index (χ4v) is 4.61. The van der Waals surface area contributed by atoms with Crippen molar-refractivity contribution in [1.82, 2.24) is 0 Å². The fourth-order valence-electron chi connectivity index (χ4n) is 3.38. The molecule has 0 spiro atoms. The molecule has 0 aliphatic carbocycles. The Kier molecular flexibility index (Phi) is 20.7. The van der Waals surface area contributed by atoms with Gasteiger partial charge in [-0.25, -0.2) is 0 Å². The van der Waals surface area contributed by atoms with Crippen LogP contribution in [-0.2, 0) is 0 Å². The van der Waals surface area contributed by atoms with Crippen molar-refractivity contribution in [2.24, 2.45) is 0 Å². The average molecular weight is 446 g/mol. The van der Waals surface area contributed by atoms with Gasteiger partial charge in [-0.15, -0.1) is 34.8 Å². The van der Waals surface area contributed by atoms with Crippen molar-refractivity contribution in [2.75, 3.05) is 6.61 Å². The highest BCUT2D eigenvalue weighted by atomic mass is 35.5. The Morgan fingerprint density at radius 1 is 0.630 bits per heavy atom. The Balaban J connectivity index is 3.66. The van der Waals surface area contributed by atoms with Crippen molar-refractivity contribution >= 4 is 34.8 Å². The first-order chi connectivity index (χ1) is 13.0. The molecule has 164 valence electrons. The summed E-state index contributed by atoms with van der Waals surface area (Å²) in [5.41, 5.74) is 0. The molecule has 27 heavy (non-hydrogen) atoms. The lowest BCUT2D eigenvalue weighted by Gasteiger charge is -2.23. The van der Waals surface area contributed by atoms with E-state index in [9.17, 15) is 5.11 Å². The highest BCUT2D eigenvalue weighted by molar-refractivity contribution is 6.25. The van der Waals surface area contributed by atoms with Gasteiger partial charge in [0.05, 0.1) is 16.9 Å². The van der Waals surface area contributed by atoms with E-state index in [1.165, 1.54) is 57.8 Å². The van der Waals surface area contributed by atoms with Gasteiger partial charge in [0.1, 0.15) is 0 Å². The van der Waals surface area contributed by atoms with Crippen LogP contribution in [0.25, 0.3) is 0 Å². The normalized spacial score (nSPS) is 16.2. The van der Waals surface area contributed by atoms with Crippen LogP contribution in [-0.4, -0.2) is 39.1 Å². The van der Waals surface area contributed by atoms with Gasteiger partial charge in [-0.05, 0) is 25.7 Å². The Morgan fingerprint density at radius 2 is 1.11 bits per heavy atom. The van der Waals surface area contributed by atoms with Gasteiger partial charge < -0.3 is 10.2 Å². The van der Waals surface area contributed by atoms with Gasteiger partial charge in [-0.2, -0.15) is 0 Å². The van der Waals surface area contributed by atoms with E-state index in [1.54, 1.807) is 0 Å². The first-order valence-electron chi connectivity index (χ1n) is 11.2. The molecule has 0 heterocycles. The predicted molar refractivity (Wildman–Crippen MR) is 122 cm³/mol. The van der Waals surface area contributed by atoms with Gasteiger partial charge in [0, 0.05) is 12.0 Å². The minimum Gasteiger partial charge on any atom is -0.396 e. The third-order valence-electron chi connectivity index (χ3n) is 5.23. The molecule has 0 aliphatic rings. The maximum absolute atomic E-state index is 10.3. The third-order valence-corrected chi connectivity index (χ3v) is 6.54. The second-order valence-corrected chi connectivity index (χ2v) is 9.64. The molecule has 0 aromatic carbocycles. The lowest BCUT2D eigenvalue weighted by atomic mass is 10.0. The molecule has 4 atom stereocenters.